The molecule has 19 heavy (non-hydrogen) atoms. The van der Waals surface area contributed by atoms with Crippen molar-refractivity contribution >= 4 is 0 Å². The van der Waals surface area contributed by atoms with Crippen LogP contribution in [0.4, 0.5) is 0 Å². The predicted octanol–water partition coefficient (Wildman–Crippen LogP) is 2.79. The third-order valence-electron chi connectivity index (χ3n) is 5.57. The standard InChI is InChI=1S/C16H18N2O/c17-8-13-6-14(19)7-15(18-13)16-11-2-9-1-10(4-11)5-12(16)3-9/h6-7,9-12,16H,1-5H2,(H,18,19). The first-order valence-corrected chi connectivity index (χ1v) is 7.37. The number of aromatic amines is 1. The molecule has 1 heterocycles. The van der Waals surface area contributed by atoms with Crippen molar-refractivity contribution < 1.29 is 0 Å². The van der Waals surface area contributed by atoms with Crippen LogP contribution in [0.15, 0.2) is 16.9 Å². The second-order valence-electron chi connectivity index (χ2n) is 6.75. The van der Waals surface area contributed by atoms with E-state index in [0.717, 1.165) is 29.4 Å². The molecule has 4 aliphatic rings. The van der Waals surface area contributed by atoms with E-state index in [4.69, 9.17) is 5.26 Å². The van der Waals surface area contributed by atoms with Crippen molar-refractivity contribution in [3.05, 3.63) is 33.7 Å². The lowest BCUT2D eigenvalue weighted by molar-refractivity contribution is -0.00419. The van der Waals surface area contributed by atoms with E-state index in [2.05, 4.69) is 11.1 Å². The van der Waals surface area contributed by atoms with Crippen LogP contribution in [0.2, 0.25) is 0 Å². The Bertz CT molecular complexity index is 582. The Morgan fingerprint density at radius 3 is 2.26 bits per heavy atom. The third-order valence-corrected chi connectivity index (χ3v) is 5.57. The van der Waals surface area contributed by atoms with Gasteiger partial charge in [0, 0.05) is 23.7 Å². The Hall–Kier alpha value is -1.56. The molecule has 98 valence electrons. The van der Waals surface area contributed by atoms with Crippen molar-refractivity contribution in [3.8, 4) is 6.07 Å². The smallest absolute Gasteiger partial charge is 0.183 e. The summed E-state index contributed by atoms with van der Waals surface area (Å²) in [6, 6.07) is 5.21. The number of nitriles is 1. The second-order valence-corrected chi connectivity index (χ2v) is 6.75. The number of H-pyrrole nitrogens is 1. The maximum Gasteiger partial charge on any atom is 0.183 e. The van der Waals surface area contributed by atoms with Crippen molar-refractivity contribution in [2.45, 2.75) is 38.0 Å². The Morgan fingerprint density at radius 2 is 1.68 bits per heavy atom. The summed E-state index contributed by atoms with van der Waals surface area (Å²) in [7, 11) is 0. The minimum Gasteiger partial charge on any atom is -0.350 e. The average molecular weight is 254 g/mol. The molecule has 3 heteroatoms. The summed E-state index contributed by atoms with van der Waals surface area (Å²) < 4.78 is 0. The molecule has 0 aliphatic heterocycles. The lowest BCUT2D eigenvalue weighted by Crippen LogP contribution is -2.44. The Balaban J connectivity index is 1.75. The summed E-state index contributed by atoms with van der Waals surface area (Å²) in [5.74, 6) is 3.84. The summed E-state index contributed by atoms with van der Waals surface area (Å²) in [4.78, 5) is 14.9. The largest absolute Gasteiger partial charge is 0.350 e. The number of rotatable bonds is 1. The summed E-state index contributed by atoms with van der Waals surface area (Å²) in [6.07, 6.45) is 6.76. The van der Waals surface area contributed by atoms with Crippen LogP contribution in [0.25, 0.3) is 0 Å². The Morgan fingerprint density at radius 1 is 1.05 bits per heavy atom. The number of hydrogen-bond acceptors (Lipinski definition) is 2. The van der Waals surface area contributed by atoms with Gasteiger partial charge in [0.25, 0.3) is 0 Å². The quantitative estimate of drug-likeness (QED) is 0.837. The van der Waals surface area contributed by atoms with Crippen molar-refractivity contribution in [2.75, 3.05) is 0 Å². The van der Waals surface area contributed by atoms with E-state index in [9.17, 15) is 4.79 Å². The number of aromatic nitrogens is 1. The first-order chi connectivity index (χ1) is 9.22. The van der Waals surface area contributed by atoms with E-state index in [1.807, 2.05) is 0 Å². The summed E-state index contributed by atoms with van der Waals surface area (Å²) in [5.41, 5.74) is 1.41. The maximum absolute atomic E-state index is 11.7. The summed E-state index contributed by atoms with van der Waals surface area (Å²) >= 11 is 0. The van der Waals surface area contributed by atoms with Gasteiger partial charge in [0.05, 0.1) is 0 Å². The first kappa shape index (κ1) is 11.3. The van der Waals surface area contributed by atoms with Crippen LogP contribution in [-0.2, 0) is 0 Å². The van der Waals surface area contributed by atoms with Crippen LogP contribution in [0, 0.1) is 35.0 Å². The molecule has 0 aromatic carbocycles. The molecule has 1 aromatic rings. The van der Waals surface area contributed by atoms with Crippen LogP contribution < -0.4 is 5.43 Å². The molecule has 0 saturated heterocycles. The van der Waals surface area contributed by atoms with Gasteiger partial charge in [0.2, 0.25) is 0 Å². The molecule has 4 aliphatic carbocycles. The molecule has 0 amide bonds. The zero-order valence-corrected chi connectivity index (χ0v) is 10.9. The average Bonchev–Trinajstić information content (AvgIpc) is 2.36. The van der Waals surface area contributed by atoms with Crippen LogP contribution in [0.3, 0.4) is 0 Å². The normalized spacial score (nSPS) is 39.2. The van der Waals surface area contributed by atoms with Crippen molar-refractivity contribution in [3.63, 3.8) is 0 Å². The highest BCUT2D eigenvalue weighted by Crippen LogP contribution is 2.59. The predicted molar refractivity (Wildman–Crippen MR) is 71.6 cm³/mol. The minimum atomic E-state index is -0.0286. The molecule has 0 radical (unpaired) electrons. The molecule has 4 saturated carbocycles. The SMILES string of the molecule is N#Cc1cc(=O)cc(C2C3CC4CC(C3)CC2C4)[nH]1. The molecule has 1 N–H and O–H groups in total. The number of nitrogens with one attached hydrogen (secondary N) is 1. The first-order valence-electron chi connectivity index (χ1n) is 7.37. The minimum absolute atomic E-state index is 0.0286. The van der Waals surface area contributed by atoms with E-state index in [1.54, 1.807) is 6.07 Å². The van der Waals surface area contributed by atoms with E-state index in [-0.39, 0.29) is 5.43 Å². The maximum atomic E-state index is 11.7. The zero-order valence-electron chi connectivity index (χ0n) is 10.9. The van der Waals surface area contributed by atoms with E-state index >= 15 is 0 Å². The monoisotopic (exact) mass is 254 g/mol. The molecular formula is C16H18N2O. The lowest BCUT2D eigenvalue weighted by atomic mass is 9.51. The van der Waals surface area contributed by atoms with Crippen LogP contribution in [0.5, 0.6) is 0 Å². The lowest BCUT2D eigenvalue weighted by Gasteiger charge is -2.54. The van der Waals surface area contributed by atoms with Crippen LogP contribution >= 0.6 is 0 Å². The second kappa shape index (κ2) is 3.96. The van der Waals surface area contributed by atoms with Gasteiger partial charge in [-0.3, -0.25) is 4.79 Å². The van der Waals surface area contributed by atoms with Gasteiger partial charge >= 0.3 is 0 Å². The highest BCUT2D eigenvalue weighted by atomic mass is 16.1. The van der Waals surface area contributed by atoms with Gasteiger partial charge in [-0.1, -0.05) is 0 Å². The summed E-state index contributed by atoms with van der Waals surface area (Å²) in [5, 5.41) is 9.02. The fraction of sp³-hybridized carbons (Fsp3) is 0.625. The van der Waals surface area contributed by atoms with Gasteiger partial charge in [-0.2, -0.15) is 5.26 Å². The van der Waals surface area contributed by atoms with E-state index in [1.165, 1.54) is 38.2 Å². The molecule has 1 aromatic heterocycles. The van der Waals surface area contributed by atoms with Gasteiger partial charge in [-0.05, 0) is 55.8 Å². The fourth-order valence-corrected chi connectivity index (χ4v) is 5.24. The molecule has 0 unspecified atom stereocenters. The molecule has 0 atom stereocenters. The van der Waals surface area contributed by atoms with Gasteiger partial charge in [-0.25, -0.2) is 0 Å². The van der Waals surface area contributed by atoms with E-state index in [0.29, 0.717) is 11.6 Å². The van der Waals surface area contributed by atoms with Crippen molar-refractivity contribution in [2.24, 2.45) is 23.7 Å². The van der Waals surface area contributed by atoms with E-state index < -0.39 is 0 Å². The highest BCUT2D eigenvalue weighted by Gasteiger charge is 2.48. The van der Waals surface area contributed by atoms with Gasteiger partial charge in [0.1, 0.15) is 11.8 Å². The van der Waals surface area contributed by atoms with Crippen molar-refractivity contribution in [1.29, 1.82) is 5.26 Å². The molecule has 0 spiro atoms. The van der Waals surface area contributed by atoms with Gasteiger partial charge in [0.15, 0.2) is 5.43 Å². The third kappa shape index (κ3) is 1.74. The molecule has 5 rings (SSSR count). The van der Waals surface area contributed by atoms with Crippen LogP contribution in [-0.4, -0.2) is 4.98 Å². The van der Waals surface area contributed by atoms with Crippen LogP contribution in [0.1, 0.15) is 49.4 Å². The Labute approximate surface area is 112 Å². The van der Waals surface area contributed by atoms with Gasteiger partial charge < -0.3 is 4.98 Å². The fourth-order valence-electron chi connectivity index (χ4n) is 5.24. The Kier molecular flexibility index (Phi) is 2.35. The topological polar surface area (TPSA) is 56.6 Å². The molecular weight excluding hydrogens is 236 g/mol. The van der Waals surface area contributed by atoms with Gasteiger partial charge in [-0.15, -0.1) is 0 Å². The van der Waals surface area contributed by atoms with Crippen molar-refractivity contribution in [1.82, 2.24) is 4.98 Å². The summed E-state index contributed by atoms with van der Waals surface area (Å²) in [6.45, 7) is 0. The number of nitrogens with zero attached hydrogens (tertiary/aromatic N) is 1. The zero-order chi connectivity index (χ0) is 13.0. The molecule has 3 nitrogen and oxygen atoms in total. The number of pyridine rings is 1. The molecule has 4 fully saturated rings. The molecule has 4 bridgehead atoms. The highest BCUT2D eigenvalue weighted by molar-refractivity contribution is 5.26. The number of hydrogen-bond donors (Lipinski definition) is 1.